The van der Waals surface area contributed by atoms with Crippen LogP contribution in [0.2, 0.25) is 0 Å². The number of hydrogen-bond donors (Lipinski definition) is 2. The standard InChI is InChI=1S/C20H27N5OS/c1-14(2)19-24-16(13-27-19)12-23-20(21-3)22-11-15-6-8-17(9-7-15)25-10-4-5-18(25)26/h6-9,13-14H,4-5,10-12H2,1-3H3,(H2,21,22,23). The molecule has 1 amide bonds. The van der Waals surface area contributed by atoms with Gasteiger partial charge in [-0.15, -0.1) is 11.3 Å². The van der Waals surface area contributed by atoms with Gasteiger partial charge in [-0.3, -0.25) is 9.79 Å². The highest BCUT2D eigenvalue weighted by Gasteiger charge is 2.21. The first-order chi connectivity index (χ1) is 13.1. The van der Waals surface area contributed by atoms with Crippen molar-refractivity contribution in [1.82, 2.24) is 15.6 Å². The summed E-state index contributed by atoms with van der Waals surface area (Å²) in [6.07, 6.45) is 1.60. The fraction of sp³-hybridized carbons (Fsp3) is 0.450. The van der Waals surface area contributed by atoms with Crippen LogP contribution >= 0.6 is 11.3 Å². The average molecular weight is 386 g/mol. The number of amides is 1. The molecule has 0 saturated carbocycles. The second-order valence-electron chi connectivity index (χ2n) is 6.93. The lowest BCUT2D eigenvalue weighted by atomic mass is 10.2. The van der Waals surface area contributed by atoms with E-state index in [2.05, 4.69) is 52.0 Å². The van der Waals surface area contributed by atoms with E-state index in [0.717, 1.165) is 40.9 Å². The molecule has 27 heavy (non-hydrogen) atoms. The molecule has 2 aromatic rings. The van der Waals surface area contributed by atoms with Crippen molar-refractivity contribution in [3.8, 4) is 0 Å². The van der Waals surface area contributed by atoms with Crippen LogP contribution < -0.4 is 15.5 Å². The quantitative estimate of drug-likeness (QED) is 0.592. The molecule has 0 spiro atoms. The number of carbonyl (C=O) groups is 1. The molecule has 0 unspecified atom stereocenters. The molecule has 1 fully saturated rings. The minimum atomic E-state index is 0.216. The molecule has 0 aliphatic carbocycles. The maximum absolute atomic E-state index is 11.8. The van der Waals surface area contributed by atoms with Gasteiger partial charge in [0.1, 0.15) is 0 Å². The lowest BCUT2D eigenvalue weighted by Gasteiger charge is -2.16. The molecule has 144 valence electrons. The number of nitrogens with zero attached hydrogens (tertiary/aromatic N) is 3. The molecule has 2 N–H and O–H groups in total. The molecule has 1 aliphatic rings. The lowest BCUT2D eigenvalue weighted by Crippen LogP contribution is -2.36. The number of thiazole rings is 1. The van der Waals surface area contributed by atoms with E-state index in [-0.39, 0.29) is 5.91 Å². The Bertz CT molecular complexity index is 797. The number of guanidine groups is 1. The number of hydrogen-bond acceptors (Lipinski definition) is 4. The minimum Gasteiger partial charge on any atom is -0.352 e. The second-order valence-corrected chi connectivity index (χ2v) is 7.82. The third-order valence-electron chi connectivity index (χ3n) is 4.51. The Morgan fingerprint density at radius 3 is 2.59 bits per heavy atom. The molecular formula is C20H27N5OS. The Hall–Kier alpha value is -2.41. The summed E-state index contributed by atoms with van der Waals surface area (Å²) in [5, 5.41) is 9.87. The number of nitrogens with one attached hydrogen (secondary N) is 2. The summed E-state index contributed by atoms with van der Waals surface area (Å²) in [6, 6.07) is 8.13. The number of rotatable bonds is 6. The Balaban J connectivity index is 1.49. The molecule has 0 radical (unpaired) electrons. The van der Waals surface area contributed by atoms with E-state index < -0.39 is 0 Å². The molecule has 1 aliphatic heterocycles. The van der Waals surface area contributed by atoms with Gasteiger partial charge in [0.15, 0.2) is 5.96 Å². The highest BCUT2D eigenvalue weighted by Crippen LogP contribution is 2.21. The summed E-state index contributed by atoms with van der Waals surface area (Å²) in [7, 11) is 1.76. The van der Waals surface area contributed by atoms with Gasteiger partial charge in [0, 0.05) is 43.5 Å². The van der Waals surface area contributed by atoms with Crippen molar-refractivity contribution in [3.05, 3.63) is 45.9 Å². The SMILES string of the molecule is CN=C(NCc1ccc(N2CCCC2=O)cc1)NCc1csc(C(C)C)n1. The molecule has 2 heterocycles. The second kappa shape index (κ2) is 8.99. The lowest BCUT2D eigenvalue weighted by molar-refractivity contribution is -0.117. The molecule has 3 rings (SSSR count). The predicted octanol–water partition coefficient (Wildman–Crippen LogP) is 3.26. The minimum absolute atomic E-state index is 0.216. The van der Waals surface area contributed by atoms with Crippen molar-refractivity contribution in [3.63, 3.8) is 0 Å². The normalized spacial score (nSPS) is 14.9. The van der Waals surface area contributed by atoms with Crippen LogP contribution in [0, 0.1) is 0 Å². The van der Waals surface area contributed by atoms with Crippen LogP contribution in [0.15, 0.2) is 34.6 Å². The van der Waals surface area contributed by atoms with Crippen molar-refractivity contribution < 1.29 is 4.79 Å². The fourth-order valence-electron chi connectivity index (χ4n) is 2.96. The monoisotopic (exact) mass is 385 g/mol. The summed E-state index contributed by atoms with van der Waals surface area (Å²) in [4.78, 5) is 22.6. The van der Waals surface area contributed by atoms with Gasteiger partial charge >= 0.3 is 0 Å². The third kappa shape index (κ3) is 5.07. The van der Waals surface area contributed by atoms with Crippen molar-refractivity contribution in [2.45, 2.75) is 45.7 Å². The summed E-state index contributed by atoms with van der Waals surface area (Å²) in [5.41, 5.74) is 3.16. The Kier molecular flexibility index (Phi) is 6.45. The van der Waals surface area contributed by atoms with Crippen molar-refractivity contribution in [2.24, 2.45) is 4.99 Å². The van der Waals surface area contributed by atoms with Gasteiger partial charge in [-0.2, -0.15) is 0 Å². The van der Waals surface area contributed by atoms with Crippen molar-refractivity contribution in [2.75, 3.05) is 18.5 Å². The summed E-state index contributed by atoms with van der Waals surface area (Å²) >= 11 is 1.70. The first kappa shape index (κ1) is 19.4. The summed E-state index contributed by atoms with van der Waals surface area (Å²) < 4.78 is 0. The van der Waals surface area contributed by atoms with Crippen LogP contribution in [0.25, 0.3) is 0 Å². The van der Waals surface area contributed by atoms with Crippen LogP contribution in [0.1, 0.15) is 48.9 Å². The highest BCUT2D eigenvalue weighted by molar-refractivity contribution is 7.09. The average Bonchev–Trinajstić information content (AvgIpc) is 3.31. The molecule has 7 heteroatoms. The molecule has 6 nitrogen and oxygen atoms in total. The van der Waals surface area contributed by atoms with Gasteiger partial charge in [0.25, 0.3) is 0 Å². The summed E-state index contributed by atoms with van der Waals surface area (Å²) in [5.74, 6) is 1.42. The number of carbonyl (C=O) groups excluding carboxylic acids is 1. The molecule has 1 aromatic carbocycles. The molecule has 0 atom stereocenters. The molecule has 1 saturated heterocycles. The van der Waals surface area contributed by atoms with Crippen LogP contribution in [0.4, 0.5) is 5.69 Å². The fourth-order valence-corrected chi connectivity index (χ4v) is 3.80. The van der Waals surface area contributed by atoms with Gasteiger partial charge in [0.2, 0.25) is 5.91 Å². The predicted molar refractivity (Wildman–Crippen MR) is 111 cm³/mol. The Morgan fingerprint density at radius 1 is 1.26 bits per heavy atom. The smallest absolute Gasteiger partial charge is 0.227 e. The zero-order valence-corrected chi connectivity index (χ0v) is 17.0. The van der Waals surface area contributed by atoms with E-state index in [9.17, 15) is 4.79 Å². The number of benzene rings is 1. The van der Waals surface area contributed by atoms with Gasteiger partial charge in [-0.25, -0.2) is 4.98 Å². The van der Waals surface area contributed by atoms with Crippen LogP contribution in [-0.4, -0.2) is 30.4 Å². The van der Waals surface area contributed by atoms with Crippen LogP contribution in [0.5, 0.6) is 0 Å². The summed E-state index contributed by atoms with van der Waals surface area (Å²) in [6.45, 7) is 6.45. The number of aliphatic imine (C=N–C) groups is 1. The van der Waals surface area contributed by atoms with Gasteiger partial charge in [0.05, 0.1) is 17.2 Å². The van der Waals surface area contributed by atoms with Gasteiger partial charge in [-0.1, -0.05) is 26.0 Å². The molecule has 0 bridgehead atoms. The van der Waals surface area contributed by atoms with Crippen LogP contribution in [0.3, 0.4) is 0 Å². The van der Waals surface area contributed by atoms with Crippen molar-refractivity contribution >= 4 is 28.9 Å². The Morgan fingerprint density at radius 2 is 2.00 bits per heavy atom. The van der Waals surface area contributed by atoms with Gasteiger partial charge in [-0.05, 0) is 24.1 Å². The maximum atomic E-state index is 11.8. The van der Waals surface area contributed by atoms with Crippen LogP contribution in [-0.2, 0) is 17.9 Å². The third-order valence-corrected chi connectivity index (χ3v) is 5.70. The first-order valence-corrected chi connectivity index (χ1v) is 10.2. The van der Waals surface area contributed by atoms with E-state index in [1.54, 1.807) is 18.4 Å². The Labute approximate surface area is 164 Å². The first-order valence-electron chi connectivity index (χ1n) is 9.35. The zero-order valence-electron chi connectivity index (χ0n) is 16.2. The van der Waals surface area contributed by atoms with Gasteiger partial charge < -0.3 is 15.5 Å². The maximum Gasteiger partial charge on any atom is 0.227 e. The number of aromatic nitrogens is 1. The van der Waals surface area contributed by atoms with E-state index in [0.29, 0.717) is 25.4 Å². The zero-order chi connectivity index (χ0) is 19.2. The highest BCUT2D eigenvalue weighted by atomic mass is 32.1. The van der Waals surface area contributed by atoms with E-state index in [1.807, 2.05) is 17.0 Å². The van der Waals surface area contributed by atoms with E-state index in [1.165, 1.54) is 0 Å². The number of anilines is 1. The van der Waals surface area contributed by atoms with Crippen molar-refractivity contribution in [1.29, 1.82) is 0 Å². The van der Waals surface area contributed by atoms with E-state index >= 15 is 0 Å². The molecule has 1 aromatic heterocycles. The molecular weight excluding hydrogens is 358 g/mol. The van der Waals surface area contributed by atoms with E-state index in [4.69, 9.17) is 0 Å². The largest absolute Gasteiger partial charge is 0.352 e. The topological polar surface area (TPSA) is 69.6 Å².